The number of aryl methyl sites for hydroxylation is 2. The Balaban J connectivity index is 1.16. The molecule has 248 valence electrons. The van der Waals surface area contributed by atoms with Crippen LogP contribution < -0.4 is 14.5 Å². The van der Waals surface area contributed by atoms with Crippen molar-refractivity contribution in [2.45, 2.75) is 20.3 Å². The van der Waals surface area contributed by atoms with Gasteiger partial charge in [-0.15, -0.1) is 0 Å². The number of anilines is 4. The third kappa shape index (κ3) is 5.55. The molecule has 9 rings (SSSR count). The molecule has 3 heterocycles. The summed E-state index contributed by atoms with van der Waals surface area (Å²) in [6.07, 6.45) is 2.82. The summed E-state index contributed by atoms with van der Waals surface area (Å²) in [4.78, 5) is 9.20. The van der Waals surface area contributed by atoms with Gasteiger partial charge >= 0.3 is 0 Å². The number of fused-ring (bicyclic) bond motifs is 4. The van der Waals surface area contributed by atoms with E-state index in [0.717, 1.165) is 74.0 Å². The number of aromatic nitrogens is 2. The van der Waals surface area contributed by atoms with E-state index >= 15 is 0 Å². The monoisotopic (exact) mass is 666 g/mol. The fourth-order valence-corrected chi connectivity index (χ4v) is 7.21. The number of nitrogens with zero attached hydrogens (tertiary/aromatic N) is 4. The normalized spacial score (nSPS) is 12.5. The van der Waals surface area contributed by atoms with E-state index in [-0.39, 0.29) is 5.82 Å². The fourth-order valence-electron chi connectivity index (χ4n) is 7.21. The highest BCUT2D eigenvalue weighted by Gasteiger charge is 2.28. The number of hydrogen-bond acceptors (Lipinski definition) is 4. The summed E-state index contributed by atoms with van der Waals surface area (Å²) < 4.78 is 23.4. The average Bonchev–Trinajstić information content (AvgIpc) is 3.71. The number of ether oxygens (including phenoxy) is 1. The molecule has 0 atom stereocenters. The number of hydrogen-bond donors (Lipinski definition) is 0. The van der Waals surface area contributed by atoms with E-state index in [4.69, 9.17) is 9.72 Å². The van der Waals surface area contributed by atoms with Crippen molar-refractivity contribution in [2.75, 3.05) is 16.5 Å². The van der Waals surface area contributed by atoms with Crippen molar-refractivity contribution in [3.8, 4) is 28.4 Å². The highest BCUT2D eigenvalue weighted by molar-refractivity contribution is 6.09. The van der Waals surface area contributed by atoms with E-state index in [1.54, 1.807) is 12.1 Å². The van der Waals surface area contributed by atoms with Gasteiger partial charge in [-0.3, -0.25) is 4.57 Å². The Kier molecular flexibility index (Phi) is 7.50. The van der Waals surface area contributed by atoms with Gasteiger partial charge in [-0.2, -0.15) is 0 Å². The minimum atomic E-state index is -0.259. The first-order chi connectivity index (χ1) is 25.0. The molecule has 6 aromatic carbocycles. The molecule has 0 bridgehead atoms. The number of rotatable bonds is 7. The van der Waals surface area contributed by atoms with E-state index in [0.29, 0.717) is 6.67 Å². The van der Waals surface area contributed by atoms with Crippen molar-refractivity contribution < 1.29 is 9.13 Å². The summed E-state index contributed by atoms with van der Waals surface area (Å²) in [6, 6.07) is 49.0. The Hall–Kier alpha value is -6.40. The molecule has 1 aliphatic rings. The van der Waals surface area contributed by atoms with Crippen molar-refractivity contribution in [3.63, 3.8) is 0 Å². The summed E-state index contributed by atoms with van der Waals surface area (Å²) in [7, 11) is 0. The van der Waals surface area contributed by atoms with E-state index < -0.39 is 0 Å². The van der Waals surface area contributed by atoms with Crippen molar-refractivity contribution in [3.05, 3.63) is 169 Å². The first-order valence-electron chi connectivity index (χ1n) is 17.3. The lowest BCUT2D eigenvalue weighted by Gasteiger charge is -2.23. The fraction of sp³-hybridized carbons (Fsp3) is 0.0889. The number of pyridine rings is 1. The maximum Gasteiger partial charge on any atom is 0.137 e. The van der Waals surface area contributed by atoms with E-state index in [1.807, 2.05) is 30.5 Å². The minimum Gasteiger partial charge on any atom is -0.457 e. The molecule has 0 aliphatic carbocycles. The molecule has 0 amide bonds. The maximum atomic E-state index is 14.4. The lowest BCUT2D eigenvalue weighted by atomic mass is 10.0. The van der Waals surface area contributed by atoms with Gasteiger partial charge in [0.15, 0.2) is 0 Å². The Morgan fingerprint density at radius 2 is 1.39 bits per heavy atom. The molecule has 2 aromatic heterocycles. The molecule has 5 nitrogen and oxygen atoms in total. The smallest absolute Gasteiger partial charge is 0.137 e. The van der Waals surface area contributed by atoms with Crippen LogP contribution in [0, 0.1) is 12.7 Å². The van der Waals surface area contributed by atoms with Gasteiger partial charge in [0.2, 0.25) is 0 Å². The Morgan fingerprint density at radius 3 is 2.20 bits per heavy atom. The third-order valence-corrected chi connectivity index (χ3v) is 9.78. The largest absolute Gasteiger partial charge is 0.457 e. The molecule has 0 radical (unpaired) electrons. The summed E-state index contributed by atoms with van der Waals surface area (Å²) >= 11 is 0. The molecule has 8 aromatic rings. The second-order valence-corrected chi connectivity index (χ2v) is 13.1. The van der Waals surface area contributed by atoms with Crippen LogP contribution in [0.15, 0.2) is 152 Å². The van der Waals surface area contributed by atoms with Crippen LogP contribution in [0.5, 0.6) is 11.5 Å². The lowest BCUT2D eigenvalue weighted by molar-refractivity contribution is 0.483. The van der Waals surface area contributed by atoms with Gasteiger partial charge in [-0.05, 0) is 103 Å². The van der Waals surface area contributed by atoms with E-state index in [9.17, 15) is 4.39 Å². The molecule has 0 saturated heterocycles. The zero-order valence-electron chi connectivity index (χ0n) is 28.4. The van der Waals surface area contributed by atoms with Crippen LogP contribution in [0.1, 0.15) is 18.1 Å². The maximum absolute atomic E-state index is 14.4. The van der Waals surface area contributed by atoms with Crippen molar-refractivity contribution in [1.82, 2.24) is 9.55 Å². The number of halogens is 1. The van der Waals surface area contributed by atoms with Crippen molar-refractivity contribution in [1.29, 1.82) is 0 Å². The quantitative estimate of drug-likeness (QED) is 0.170. The predicted octanol–water partition coefficient (Wildman–Crippen LogP) is 11.9. The predicted molar refractivity (Wildman–Crippen MR) is 207 cm³/mol. The molecule has 0 N–H and O–H groups in total. The highest BCUT2D eigenvalue weighted by atomic mass is 19.1. The Labute approximate surface area is 296 Å². The molecule has 6 heteroatoms. The van der Waals surface area contributed by atoms with Gasteiger partial charge in [-0.25, -0.2) is 9.37 Å². The molecule has 0 fully saturated rings. The molecule has 1 aliphatic heterocycles. The minimum absolute atomic E-state index is 0.259. The summed E-state index contributed by atoms with van der Waals surface area (Å²) in [5, 5.41) is 2.31. The van der Waals surface area contributed by atoms with E-state index in [2.05, 4.69) is 131 Å². The summed E-state index contributed by atoms with van der Waals surface area (Å²) in [5.74, 6) is 2.08. The van der Waals surface area contributed by atoms with Gasteiger partial charge in [-0.1, -0.05) is 73.2 Å². The standard InChI is InChI=1S/C45H35FN4O/c1-3-31-21-22-47-45(23-31)50-41-12-5-4-11-39(41)40-20-19-37(28-44(40)50)51-38-25-33(32-17-15-30(2)16-18-32)24-36(27-38)49-29-48(35-10-8-9-34(46)26-35)42-13-6-7-14-43(42)49/h4-28H,3,29H2,1-2H3. The third-order valence-electron chi connectivity index (χ3n) is 9.78. The zero-order chi connectivity index (χ0) is 34.5. The van der Waals surface area contributed by atoms with Gasteiger partial charge in [0.25, 0.3) is 0 Å². The molecular weight excluding hydrogens is 632 g/mol. The molecule has 0 unspecified atom stereocenters. The van der Waals surface area contributed by atoms with Crippen LogP contribution >= 0.6 is 0 Å². The van der Waals surface area contributed by atoms with Crippen molar-refractivity contribution >= 4 is 44.6 Å². The average molecular weight is 667 g/mol. The molecular formula is C45H35FN4O. The van der Waals surface area contributed by atoms with Gasteiger partial charge < -0.3 is 14.5 Å². The number of benzene rings is 6. The second-order valence-electron chi connectivity index (χ2n) is 13.1. The molecule has 51 heavy (non-hydrogen) atoms. The van der Waals surface area contributed by atoms with Crippen LogP contribution in [0.3, 0.4) is 0 Å². The SMILES string of the molecule is CCc1ccnc(-n2c3ccccc3c3ccc(Oc4cc(-c5ccc(C)cc5)cc(N5CN(c6cccc(F)c6)c6ccccc65)c4)cc32)c1. The molecule has 0 spiro atoms. The summed E-state index contributed by atoms with van der Waals surface area (Å²) in [6.45, 7) is 4.78. The van der Waals surface area contributed by atoms with Gasteiger partial charge in [0.1, 0.15) is 29.8 Å². The lowest BCUT2D eigenvalue weighted by Crippen LogP contribution is -2.24. The first-order valence-corrected chi connectivity index (χ1v) is 17.3. The second kappa shape index (κ2) is 12.5. The van der Waals surface area contributed by atoms with Crippen molar-refractivity contribution in [2.24, 2.45) is 0 Å². The Morgan fingerprint density at radius 1 is 0.627 bits per heavy atom. The van der Waals surface area contributed by atoms with Crippen LogP contribution in [0.25, 0.3) is 38.8 Å². The first kappa shape index (κ1) is 30.6. The van der Waals surface area contributed by atoms with Crippen LogP contribution in [-0.4, -0.2) is 16.2 Å². The Bertz CT molecular complexity index is 2570. The number of para-hydroxylation sites is 3. The van der Waals surface area contributed by atoms with Crippen LogP contribution in [0.4, 0.5) is 27.1 Å². The van der Waals surface area contributed by atoms with E-state index in [1.165, 1.54) is 22.6 Å². The summed E-state index contributed by atoms with van der Waals surface area (Å²) in [5.41, 5.74) is 10.6. The molecule has 0 saturated carbocycles. The highest BCUT2D eigenvalue weighted by Crippen LogP contribution is 2.46. The topological polar surface area (TPSA) is 33.5 Å². The van der Waals surface area contributed by atoms with Gasteiger partial charge in [0, 0.05) is 40.5 Å². The van der Waals surface area contributed by atoms with Gasteiger partial charge in [0.05, 0.1) is 22.4 Å². The van der Waals surface area contributed by atoms with Crippen LogP contribution in [0.2, 0.25) is 0 Å². The van der Waals surface area contributed by atoms with Crippen LogP contribution in [-0.2, 0) is 6.42 Å². The zero-order valence-corrected chi connectivity index (χ0v) is 28.4.